The number of amides is 1. The molecule has 1 aromatic heterocycles. The zero-order chi connectivity index (χ0) is 13.7. The van der Waals surface area contributed by atoms with Gasteiger partial charge in [-0.25, -0.2) is 9.97 Å². The van der Waals surface area contributed by atoms with Crippen LogP contribution >= 0.6 is 11.8 Å². The van der Waals surface area contributed by atoms with Crippen molar-refractivity contribution in [2.24, 2.45) is 0 Å². The van der Waals surface area contributed by atoms with Gasteiger partial charge in [0.2, 0.25) is 5.88 Å². The summed E-state index contributed by atoms with van der Waals surface area (Å²) in [5.74, 6) is 0.0699. The molecule has 6 heteroatoms. The molecule has 98 valence electrons. The first-order chi connectivity index (χ1) is 9.24. The second-order valence-electron chi connectivity index (χ2n) is 3.60. The summed E-state index contributed by atoms with van der Waals surface area (Å²) in [5, 5.41) is 2.82. The van der Waals surface area contributed by atoms with Gasteiger partial charge in [0, 0.05) is 11.0 Å². The van der Waals surface area contributed by atoms with Gasteiger partial charge in [0.05, 0.1) is 12.8 Å². The number of methoxy groups -OCH3 is 1. The molecule has 2 aromatic rings. The van der Waals surface area contributed by atoms with Gasteiger partial charge in [-0.15, -0.1) is 11.8 Å². The molecular formula is C13H13N3O2S. The number of aromatic nitrogens is 2. The van der Waals surface area contributed by atoms with Crippen LogP contribution in [0.15, 0.2) is 41.6 Å². The Bertz CT molecular complexity index is 590. The number of benzene rings is 1. The molecule has 0 saturated heterocycles. The molecule has 0 aliphatic carbocycles. The van der Waals surface area contributed by atoms with E-state index in [1.54, 1.807) is 11.8 Å². The SMILES string of the molecule is COc1cc(C(=O)Nc2ccccc2SC)ncn1. The number of carbonyl (C=O) groups is 1. The van der Waals surface area contributed by atoms with Crippen LogP contribution in [-0.2, 0) is 0 Å². The topological polar surface area (TPSA) is 64.1 Å². The second kappa shape index (κ2) is 6.19. The Morgan fingerprint density at radius 2 is 2.11 bits per heavy atom. The molecule has 1 heterocycles. The van der Waals surface area contributed by atoms with E-state index in [4.69, 9.17) is 4.74 Å². The highest BCUT2D eigenvalue weighted by molar-refractivity contribution is 7.98. The minimum absolute atomic E-state index is 0.266. The van der Waals surface area contributed by atoms with Gasteiger partial charge in [-0.2, -0.15) is 0 Å². The van der Waals surface area contributed by atoms with Gasteiger partial charge in [-0.05, 0) is 18.4 Å². The molecule has 0 fully saturated rings. The van der Waals surface area contributed by atoms with E-state index in [0.717, 1.165) is 10.6 Å². The van der Waals surface area contributed by atoms with Gasteiger partial charge in [-0.1, -0.05) is 12.1 Å². The third-order valence-corrected chi connectivity index (χ3v) is 3.23. The molecule has 0 saturated carbocycles. The molecular weight excluding hydrogens is 262 g/mol. The molecule has 0 aliphatic rings. The van der Waals surface area contributed by atoms with E-state index in [2.05, 4.69) is 15.3 Å². The van der Waals surface area contributed by atoms with Gasteiger partial charge in [-0.3, -0.25) is 4.79 Å². The number of hydrogen-bond acceptors (Lipinski definition) is 5. The molecule has 1 amide bonds. The predicted octanol–water partition coefficient (Wildman–Crippen LogP) is 2.46. The van der Waals surface area contributed by atoms with Crippen LogP contribution in [0.1, 0.15) is 10.5 Å². The highest BCUT2D eigenvalue weighted by Crippen LogP contribution is 2.25. The summed E-state index contributed by atoms with van der Waals surface area (Å²) in [7, 11) is 1.49. The quantitative estimate of drug-likeness (QED) is 0.868. The number of anilines is 1. The van der Waals surface area contributed by atoms with E-state index >= 15 is 0 Å². The van der Waals surface area contributed by atoms with Crippen molar-refractivity contribution >= 4 is 23.4 Å². The normalized spacial score (nSPS) is 10.0. The number of carbonyl (C=O) groups excluding carboxylic acids is 1. The third kappa shape index (κ3) is 3.23. The Kier molecular flexibility index (Phi) is 4.35. The maximum absolute atomic E-state index is 12.1. The lowest BCUT2D eigenvalue weighted by Gasteiger charge is -2.08. The number of ether oxygens (including phenoxy) is 1. The van der Waals surface area contributed by atoms with Crippen LogP contribution < -0.4 is 10.1 Å². The standard InChI is InChI=1S/C13H13N3O2S/c1-18-12-7-10(14-8-15-12)13(17)16-9-5-3-4-6-11(9)19-2/h3-8H,1-2H3,(H,16,17). The van der Waals surface area contributed by atoms with Crippen LogP contribution in [-0.4, -0.2) is 29.2 Å². The Morgan fingerprint density at radius 1 is 1.32 bits per heavy atom. The molecule has 0 aliphatic heterocycles. The molecule has 2 rings (SSSR count). The molecule has 0 unspecified atom stereocenters. The summed E-state index contributed by atoms with van der Waals surface area (Å²) < 4.78 is 4.96. The summed E-state index contributed by atoms with van der Waals surface area (Å²) in [4.78, 5) is 20.9. The van der Waals surface area contributed by atoms with Gasteiger partial charge in [0.25, 0.3) is 5.91 Å². The zero-order valence-corrected chi connectivity index (χ0v) is 11.4. The van der Waals surface area contributed by atoms with Gasteiger partial charge >= 0.3 is 0 Å². The molecule has 0 spiro atoms. The first-order valence-electron chi connectivity index (χ1n) is 5.55. The van der Waals surface area contributed by atoms with Crippen molar-refractivity contribution in [1.29, 1.82) is 0 Å². The number of rotatable bonds is 4. The van der Waals surface area contributed by atoms with Gasteiger partial charge < -0.3 is 10.1 Å². The number of hydrogen-bond donors (Lipinski definition) is 1. The van der Waals surface area contributed by atoms with E-state index in [1.165, 1.54) is 19.5 Å². The van der Waals surface area contributed by atoms with Crippen LogP contribution in [0.2, 0.25) is 0 Å². The van der Waals surface area contributed by atoms with E-state index in [1.807, 2.05) is 30.5 Å². The molecule has 1 N–H and O–H groups in total. The monoisotopic (exact) mass is 275 g/mol. The van der Waals surface area contributed by atoms with E-state index in [0.29, 0.717) is 5.88 Å². The minimum atomic E-state index is -0.290. The molecule has 0 atom stereocenters. The summed E-state index contributed by atoms with van der Waals surface area (Å²) in [6, 6.07) is 9.09. The highest BCUT2D eigenvalue weighted by Gasteiger charge is 2.11. The zero-order valence-electron chi connectivity index (χ0n) is 10.6. The lowest BCUT2D eigenvalue weighted by Crippen LogP contribution is -2.14. The summed E-state index contributed by atoms with van der Waals surface area (Å²) >= 11 is 1.57. The average Bonchev–Trinajstić information content (AvgIpc) is 2.47. The number of nitrogens with zero attached hydrogens (tertiary/aromatic N) is 2. The first kappa shape index (κ1) is 13.4. The van der Waals surface area contributed by atoms with Crippen LogP contribution in [0.3, 0.4) is 0 Å². The van der Waals surface area contributed by atoms with Crippen molar-refractivity contribution in [3.63, 3.8) is 0 Å². The van der Waals surface area contributed by atoms with Gasteiger partial charge in [0.1, 0.15) is 12.0 Å². The summed E-state index contributed by atoms with van der Waals surface area (Å²) in [6.07, 6.45) is 3.26. The maximum Gasteiger partial charge on any atom is 0.274 e. The lowest BCUT2D eigenvalue weighted by molar-refractivity contribution is 0.102. The van der Waals surface area contributed by atoms with Crippen molar-refractivity contribution in [2.75, 3.05) is 18.7 Å². The van der Waals surface area contributed by atoms with Crippen molar-refractivity contribution in [3.8, 4) is 5.88 Å². The fourth-order valence-electron chi connectivity index (χ4n) is 1.51. The maximum atomic E-state index is 12.1. The van der Waals surface area contributed by atoms with Crippen molar-refractivity contribution in [1.82, 2.24) is 9.97 Å². The van der Waals surface area contributed by atoms with Crippen LogP contribution in [0.5, 0.6) is 5.88 Å². The van der Waals surface area contributed by atoms with Crippen molar-refractivity contribution < 1.29 is 9.53 Å². The largest absolute Gasteiger partial charge is 0.481 e. The smallest absolute Gasteiger partial charge is 0.274 e. The highest BCUT2D eigenvalue weighted by atomic mass is 32.2. The molecule has 0 radical (unpaired) electrons. The minimum Gasteiger partial charge on any atom is -0.481 e. The molecule has 1 aromatic carbocycles. The Balaban J connectivity index is 2.20. The molecule has 5 nitrogen and oxygen atoms in total. The van der Waals surface area contributed by atoms with Crippen LogP contribution in [0.4, 0.5) is 5.69 Å². The first-order valence-corrected chi connectivity index (χ1v) is 6.77. The fraction of sp³-hybridized carbons (Fsp3) is 0.154. The van der Waals surface area contributed by atoms with Gasteiger partial charge in [0.15, 0.2) is 0 Å². The predicted molar refractivity (Wildman–Crippen MR) is 74.8 cm³/mol. The Morgan fingerprint density at radius 3 is 2.84 bits per heavy atom. The Hall–Kier alpha value is -2.08. The molecule has 19 heavy (non-hydrogen) atoms. The summed E-state index contributed by atoms with van der Waals surface area (Å²) in [6.45, 7) is 0. The number of thioether (sulfide) groups is 1. The fourth-order valence-corrected chi connectivity index (χ4v) is 2.06. The molecule has 0 bridgehead atoms. The number of nitrogens with one attached hydrogen (secondary N) is 1. The van der Waals surface area contributed by atoms with Crippen molar-refractivity contribution in [3.05, 3.63) is 42.4 Å². The summed E-state index contributed by atoms with van der Waals surface area (Å²) in [5.41, 5.74) is 1.03. The van der Waals surface area contributed by atoms with Crippen molar-refractivity contribution in [2.45, 2.75) is 4.90 Å². The third-order valence-electron chi connectivity index (χ3n) is 2.44. The van der Waals surface area contributed by atoms with Crippen LogP contribution in [0, 0.1) is 0 Å². The lowest BCUT2D eigenvalue weighted by atomic mass is 10.3. The van der Waals surface area contributed by atoms with E-state index in [-0.39, 0.29) is 11.6 Å². The number of para-hydroxylation sites is 1. The van der Waals surface area contributed by atoms with E-state index in [9.17, 15) is 4.79 Å². The Labute approximate surface area is 115 Å². The second-order valence-corrected chi connectivity index (χ2v) is 4.45. The average molecular weight is 275 g/mol. The van der Waals surface area contributed by atoms with Crippen LogP contribution in [0.25, 0.3) is 0 Å². The van der Waals surface area contributed by atoms with E-state index < -0.39 is 0 Å².